The molecule has 3 nitrogen and oxygen atoms in total. The normalized spacial score (nSPS) is 22.7. The van der Waals surface area contributed by atoms with Crippen molar-refractivity contribution in [2.75, 3.05) is 19.6 Å². The highest BCUT2D eigenvalue weighted by atomic mass is 16.3. The molecule has 3 heteroatoms. The van der Waals surface area contributed by atoms with Crippen LogP contribution in [0.15, 0.2) is 0 Å². The van der Waals surface area contributed by atoms with Crippen LogP contribution in [-0.4, -0.2) is 41.5 Å². The largest absolute Gasteiger partial charge is 0.393 e. The summed E-state index contributed by atoms with van der Waals surface area (Å²) in [6.45, 7) is 4.48. The lowest BCUT2D eigenvalue weighted by Gasteiger charge is -2.25. The Bertz CT molecular complexity index is 147. The number of Topliss-reactive ketones (excluding diaryl/α,β-unsaturated/α-hetero) is 1. The van der Waals surface area contributed by atoms with E-state index in [1.54, 1.807) is 6.92 Å². The summed E-state index contributed by atoms with van der Waals surface area (Å²) >= 11 is 0. The molecule has 1 saturated heterocycles. The molecule has 1 N–H and O–H groups in total. The minimum Gasteiger partial charge on any atom is -0.393 e. The monoisotopic (exact) mass is 171 g/mol. The number of hydrogen-bond donors (Lipinski definition) is 1. The topological polar surface area (TPSA) is 40.5 Å². The smallest absolute Gasteiger partial charge is 0.135 e. The third kappa shape index (κ3) is 3.32. The van der Waals surface area contributed by atoms with E-state index in [0.29, 0.717) is 18.6 Å². The van der Waals surface area contributed by atoms with Crippen molar-refractivity contribution in [3.8, 4) is 0 Å². The number of piperidine rings is 1. The highest BCUT2D eigenvalue weighted by Gasteiger charge is 2.15. The fourth-order valence-electron chi connectivity index (χ4n) is 1.40. The van der Waals surface area contributed by atoms with E-state index in [1.807, 2.05) is 0 Å². The average molecular weight is 171 g/mol. The number of ketones is 1. The minimum atomic E-state index is -0.220. The molecular formula is C9H17NO2. The molecule has 1 heterocycles. The maximum Gasteiger partial charge on any atom is 0.135 e. The van der Waals surface area contributed by atoms with Crippen molar-refractivity contribution in [1.29, 1.82) is 0 Å². The van der Waals surface area contributed by atoms with Gasteiger partial charge >= 0.3 is 0 Å². The first-order valence-corrected chi connectivity index (χ1v) is 4.60. The molecular weight excluding hydrogens is 154 g/mol. The van der Waals surface area contributed by atoms with Gasteiger partial charge in [-0.1, -0.05) is 0 Å². The highest BCUT2D eigenvalue weighted by molar-refractivity contribution is 5.79. The number of hydrogen-bond acceptors (Lipinski definition) is 3. The molecule has 0 aromatic heterocycles. The Morgan fingerprint density at radius 3 is 2.58 bits per heavy atom. The van der Waals surface area contributed by atoms with Gasteiger partial charge in [-0.25, -0.2) is 0 Å². The van der Waals surface area contributed by atoms with Gasteiger partial charge in [0.2, 0.25) is 0 Å². The quantitative estimate of drug-likeness (QED) is 0.669. The maximum absolute atomic E-state index is 10.9. The number of likely N-dealkylation sites (tertiary alicyclic amines) is 1. The van der Waals surface area contributed by atoms with Crippen molar-refractivity contribution >= 4 is 5.78 Å². The minimum absolute atomic E-state index is 0.220. The zero-order valence-corrected chi connectivity index (χ0v) is 7.62. The molecule has 0 aromatic carbocycles. The molecule has 0 radical (unpaired) electrons. The van der Waals surface area contributed by atoms with Gasteiger partial charge in [-0.2, -0.15) is 0 Å². The van der Waals surface area contributed by atoms with E-state index < -0.39 is 0 Å². The van der Waals surface area contributed by atoms with Crippen LogP contribution in [0.3, 0.4) is 0 Å². The predicted molar refractivity (Wildman–Crippen MR) is 47.0 cm³/mol. The van der Waals surface area contributed by atoms with Gasteiger partial charge in [-0.05, 0) is 13.3 Å². The number of nitrogens with zero attached hydrogens (tertiary/aromatic N) is 1. The van der Waals surface area contributed by atoms with Crippen molar-refractivity contribution in [2.24, 2.45) is 0 Å². The van der Waals surface area contributed by atoms with Crippen LogP contribution in [0, 0.1) is 0 Å². The van der Waals surface area contributed by atoms with Gasteiger partial charge in [0, 0.05) is 32.5 Å². The second-order valence-electron chi connectivity index (χ2n) is 3.52. The molecule has 1 atom stereocenters. The molecule has 12 heavy (non-hydrogen) atoms. The van der Waals surface area contributed by atoms with Gasteiger partial charge in [0.15, 0.2) is 0 Å². The maximum atomic E-state index is 10.9. The summed E-state index contributed by atoms with van der Waals surface area (Å²) in [6, 6.07) is 0. The second kappa shape index (κ2) is 4.58. The van der Waals surface area contributed by atoms with Crippen LogP contribution in [0.2, 0.25) is 0 Å². The van der Waals surface area contributed by atoms with Gasteiger partial charge in [0.05, 0.1) is 6.10 Å². The summed E-state index contributed by atoms with van der Waals surface area (Å²) in [6.07, 6.45) is 1.98. The van der Waals surface area contributed by atoms with Crippen molar-refractivity contribution < 1.29 is 9.90 Å². The van der Waals surface area contributed by atoms with E-state index in [2.05, 4.69) is 4.90 Å². The molecule has 0 spiro atoms. The summed E-state index contributed by atoms with van der Waals surface area (Å²) < 4.78 is 0. The molecule has 1 fully saturated rings. The zero-order valence-electron chi connectivity index (χ0n) is 7.62. The number of aliphatic hydroxyl groups excluding tert-OH is 1. The van der Waals surface area contributed by atoms with Crippen LogP contribution >= 0.6 is 0 Å². The Balaban J connectivity index is 2.13. The molecule has 1 aliphatic heterocycles. The van der Waals surface area contributed by atoms with Gasteiger partial charge in [0.25, 0.3) is 0 Å². The Labute approximate surface area is 73.4 Å². The first-order valence-electron chi connectivity index (χ1n) is 4.60. The lowest BCUT2D eigenvalue weighted by atomic mass is 10.1. The number of carbonyl (C=O) groups excluding carboxylic acids is 1. The Morgan fingerprint density at radius 1 is 1.50 bits per heavy atom. The van der Waals surface area contributed by atoms with E-state index in [9.17, 15) is 4.79 Å². The van der Waals surface area contributed by atoms with Crippen LogP contribution < -0.4 is 0 Å². The molecule has 70 valence electrons. The van der Waals surface area contributed by atoms with Gasteiger partial charge in [-0.3, -0.25) is 4.79 Å². The summed E-state index contributed by atoms with van der Waals surface area (Å²) in [4.78, 5) is 13.1. The van der Waals surface area contributed by atoms with Crippen LogP contribution in [0.4, 0.5) is 0 Å². The highest BCUT2D eigenvalue weighted by Crippen LogP contribution is 2.06. The third-order valence-corrected chi connectivity index (χ3v) is 2.28. The van der Waals surface area contributed by atoms with Crippen LogP contribution in [0.25, 0.3) is 0 Å². The molecule has 0 bridgehead atoms. The first-order chi connectivity index (χ1) is 5.68. The molecule has 1 unspecified atom stereocenters. The van der Waals surface area contributed by atoms with Crippen LogP contribution in [-0.2, 0) is 4.79 Å². The van der Waals surface area contributed by atoms with Crippen molar-refractivity contribution in [3.63, 3.8) is 0 Å². The Hall–Kier alpha value is -0.410. The van der Waals surface area contributed by atoms with E-state index in [0.717, 1.165) is 26.1 Å². The lowest BCUT2D eigenvalue weighted by Crippen LogP contribution is -2.35. The fraction of sp³-hybridized carbons (Fsp3) is 0.889. The van der Waals surface area contributed by atoms with E-state index >= 15 is 0 Å². The average Bonchev–Trinajstić information content (AvgIpc) is 2.03. The molecule has 1 rings (SSSR count). The fourth-order valence-corrected chi connectivity index (χ4v) is 1.40. The molecule has 0 aromatic rings. The molecule has 1 aliphatic rings. The van der Waals surface area contributed by atoms with Crippen molar-refractivity contribution in [3.05, 3.63) is 0 Å². The van der Waals surface area contributed by atoms with Gasteiger partial charge in [-0.15, -0.1) is 0 Å². The zero-order chi connectivity index (χ0) is 8.97. The van der Waals surface area contributed by atoms with Crippen LogP contribution in [0.1, 0.15) is 26.2 Å². The summed E-state index contributed by atoms with van der Waals surface area (Å²) in [5, 5.41) is 9.04. The van der Waals surface area contributed by atoms with Crippen molar-refractivity contribution in [2.45, 2.75) is 32.3 Å². The number of carbonyl (C=O) groups is 1. The van der Waals surface area contributed by atoms with Crippen molar-refractivity contribution in [1.82, 2.24) is 4.90 Å². The Morgan fingerprint density at radius 2 is 2.08 bits per heavy atom. The van der Waals surface area contributed by atoms with Gasteiger partial charge in [0.1, 0.15) is 5.78 Å². The molecule has 0 amide bonds. The molecule has 0 saturated carbocycles. The standard InChI is InChI=1S/C9H17NO2/c1-8(11)2-5-10-6-3-9(12)4-7-10/h8,11H,2-7H2,1H3. The van der Waals surface area contributed by atoms with Crippen LogP contribution in [0.5, 0.6) is 0 Å². The summed E-state index contributed by atoms with van der Waals surface area (Å²) in [5.74, 6) is 0.378. The van der Waals surface area contributed by atoms with E-state index in [1.165, 1.54) is 0 Å². The predicted octanol–water partition coefficient (Wildman–Crippen LogP) is 0.422. The van der Waals surface area contributed by atoms with Gasteiger partial charge < -0.3 is 10.0 Å². The second-order valence-corrected chi connectivity index (χ2v) is 3.52. The van der Waals surface area contributed by atoms with E-state index in [-0.39, 0.29) is 6.10 Å². The number of aliphatic hydroxyl groups is 1. The lowest BCUT2D eigenvalue weighted by molar-refractivity contribution is -0.121. The Kier molecular flexibility index (Phi) is 3.69. The third-order valence-electron chi connectivity index (χ3n) is 2.28. The molecule has 0 aliphatic carbocycles. The SMILES string of the molecule is CC(O)CCN1CCC(=O)CC1. The summed E-state index contributed by atoms with van der Waals surface area (Å²) in [7, 11) is 0. The summed E-state index contributed by atoms with van der Waals surface area (Å²) in [5.41, 5.74) is 0. The first kappa shape index (κ1) is 9.68. The number of rotatable bonds is 3. The van der Waals surface area contributed by atoms with E-state index in [4.69, 9.17) is 5.11 Å².